The molecule has 1 rings (SSSR count). The number of carbonyl (C=O) groups excluding carboxylic acids is 2. The van der Waals surface area contributed by atoms with Crippen LogP contribution in [0.1, 0.15) is 6.92 Å². The summed E-state index contributed by atoms with van der Waals surface area (Å²) in [7, 11) is 0. The van der Waals surface area contributed by atoms with Gasteiger partial charge in [0.05, 0.1) is 0 Å². The van der Waals surface area contributed by atoms with Crippen LogP contribution in [0.4, 0.5) is 4.79 Å². The van der Waals surface area contributed by atoms with E-state index < -0.39 is 11.4 Å². The molecule has 1 fully saturated rings. The van der Waals surface area contributed by atoms with Crippen molar-refractivity contribution >= 4 is 22.2 Å². The maximum atomic E-state index is 10.4. The van der Waals surface area contributed by atoms with Crippen LogP contribution in [0.25, 0.3) is 0 Å². The number of rotatable bonds is 0. The summed E-state index contributed by atoms with van der Waals surface area (Å²) in [5, 5.41) is -0.683. The van der Waals surface area contributed by atoms with Gasteiger partial charge in [-0.15, -0.1) is 0 Å². The van der Waals surface area contributed by atoms with Crippen molar-refractivity contribution < 1.29 is 14.3 Å². The first-order valence-electron chi connectivity index (χ1n) is 2.12. The van der Waals surface area contributed by atoms with Crippen molar-refractivity contribution in [1.82, 2.24) is 0 Å². The van der Waals surface area contributed by atoms with E-state index in [0.717, 1.165) is 0 Å². The van der Waals surface area contributed by atoms with E-state index in [1.54, 1.807) is 6.92 Å². The molecule has 0 bridgehead atoms. The van der Waals surface area contributed by atoms with Gasteiger partial charge in [0.2, 0.25) is 5.12 Å². The Morgan fingerprint density at radius 2 is 2.25 bits per heavy atom. The van der Waals surface area contributed by atoms with Crippen LogP contribution in [0.3, 0.4) is 0 Å². The first-order valence-corrected chi connectivity index (χ1v) is 2.94. The van der Waals surface area contributed by atoms with Crippen LogP contribution >= 0.6 is 11.8 Å². The van der Waals surface area contributed by atoms with Crippen molar-refractivity contribution in [2.24, 2.45) is 0 Å². The molecule has 0 spiro atoms. The average molecular weight is 132 g/mol. The van der Waals surface area contributed by atoms with Gasteiger partial charge in [-0.1, -0.05) is 0 Å². The molecule has 8 heavy (non-hydrogen) atoms. The van der Waals surface area contributed by atoms with Gasteiger partial charge in [0.25, 0.3) is 0 Å². The minimum Gasteiger partial charge on any atom is -0.445 e. The van der Waals surface area contributed by atoms with Gasteiger partial charge in [-0.05, 0) is 6.92 Å². The highest BCUT2D eigenvalue weighted by atomic mass is 32.2. The molecular weight excluding hydrogens is 128 g/mol. The number of ether oxygens (including phenoxy) is 1. The monoisotopic (exact) mass is 132 g/mol. The van der Waals surface area contributed by atoms with Gasteiger partial charge in [0.15, 0.2) is 6.10 Å². The zero-order chi connectivity index (χ0) is 6.15. The number of hydrogen-bond donors (Lipinski definition) is 0. The van der Waals surface area contributed by atoms with Crippen molar-refractivity contribution in [2.45, 2.75) is 13.0 Å². The molecule has 0 N–H and O–H groups in total. The van der Waals surface area contributed by atoms with Gasteiger partial charge in [-0.2, -0.15) is 0 Å². The van der Waals surface area contributed by atoms with E-state index in [4.69, 9.17) is 0 Å². The van der Waals surface area contributed by atoms with Crippen molar-refractivity contribution in [3.05, 3.63) is 0 Å². The van der Waals surface area contributed by atoms with E-state index in [-0.39, 0.29) is 5.12 Å². The van der Waals surface area contributed by atoms with Gasteiger partial charge < -0.3 is 4.74 Å². The van der Waals surface area contributed by atoms with Gasteiger partial charge in [0, 0.05) is 11.8 Å². The molecule has 3 nitrogen and oxygen atoms in total. The Bertz CT molecular complexity index is 142. The molecule has 0 aromatic carbocycles. The predicted molar refractivity (Wildman–Crippen MR) is 28.5 cm³/mol. The highest BCUT2D eigenvalue weighted by Gasteiger charge is 2.29. The largest absolute Gasteiger partial charge is 0.445 e. The van der Waals surface area contributed by atoms with Gasteiger partial charge in [-0.25, -0.2) is 4.79 Å². The maximum Gasteiger partial charge on any atom is 0.375 e. The standard InChI is InChI=1S/C4H4O3S/c1-2-3(5)8-4(6)7-2/h2H,1H3. The zero-order valence-corrected chi connectivity index (χ0v) is 5.03. The maximum absolute atomic E-state index is 10.4. The topological polar surface area (TPSA) is 43.4 Å². The van der Waals surface area contributed by atoms with Gasteiger partial charge >= 0.3 is 5.30 Å². The van der Waals surface area contributed by atoms with Crippen LogP contribution in [-0.2, 0) is 9.53 Å². The van der Waals surface area contributed by atoms with Crippen molar-refractivity contribution in [1.29, 1.82) is 0 Å². The third kappa shape index (κ3) is 0.838. The molecule has 1 atom stereocenters. The Kier molecular flexibility index (Phi) is 1.25. The lowest BCUT2D eigenvalue weighted by atomic mass is 10.5. The quantitative estimate of drug-likeness (QED) is 0.457. The second kappa shape index (κ2) is 1.78. The Morgan fingerprint density at radius 3 is 2.38 bits per heavy atom. The molecule has 0 aromatic rings. The molecule has 44 valence electrons. The molecule has 0 aromatic heterocycles. The Hall–Kier alpha value is -0.510. The minimum atomic E-state index is -0.535. The molecule has 1 heterocycles. The summed E-state index contributed by atoms with van der Waals surface area (Å²) >= 11 is 0.628. The molecule has 0 saturated carbocycles. The SMILES string of the molecule is CC1OC(=O)SC1=O. The summed E-state index contributed by atoms with van der Waals surface area (Å²) in [4.78, 5) is 20.6. The fourth-order valence-corrected chi connectivity index (χ4v) is 0.952. The third-order valence-corrected chi connectivity index (χ3v) is 1.58. The summed E-state index contributed by atoms with van der Waals surface area (Å²) in [5.41, 5.74) is 0. The van der Waals surface area contributed by atoms with Gasteiger partial charge in [0.1, 0.15) is 0 Å². The van der Waals surface area contributed by atoms with E-state index in [2.05, 4.69) is 4.74 Å². The van der Waals surface area contributed by atoms with E-state index in [1.807, 2.05) is 0 Å². The van der Waals surface area contributed by atoms with Crippen LogP contribution in [0.15, 0.2) is 0 Å². The van der Waals surface area contributed by atoms with Crippen LogP contribution in [0, 0.1) is 0 Å². The molecule has 0 radical (unpaired) electrons. The second-order valence-corrected chi connectivity index (χ2v) is 2.37. The van der Waals surface area contributed by atoms with Crippen LogP contribution in [-0.4, -0.2) is 16.5 Å². The minimum absolute atomic E-state index is 0.199. The van der Waals surface area contributed by atoms with E-state index >= 15 is 0 Å². The van der Waals surface area contributed by atoms with E-state index in [1.165, 1.54) is 0 Å². The summed E-state index contributed by atoms with van der Waals surface area (Å²) in [6.45, 7) is 1.56. The molecule has 1 saturated heterocycles. The average Bonchev–Trinajstić information content (AvgIpc) is 1.85. The molecule has 4 heteroatoms. The molecule has 0 amide bonds. The predicted octanol–water partition coefficient (Wildman–Crippen LogP) is 0.785. The fraction of sp³-hybridized carbons (Fsp3) is 0.500. The van der Waals surface area contributed by atoms with Crippen molar-refractivity contribution in [3.8, 4) is 0 Å². The second-order valence-electron chi connectivity index (χ2n) is 1.43. The highest BCUT2D eigenvalue weighted by molar-refractivity contribution is 8.26. The molecule has 0 aliphatic carbocycles. The zero-order valence-electron chi connectivity index (χ0n) is 4.21. The molecule has 1 aliphatic heterocycles. The number of hydrogen-bond acceptors (Lipinski definition) is 4. The van der Waals surface area contributed by atoms with Crippen molar-refractivity contribution in [2.75, 3.05) is 0 Å². The summed E-state index contributed by atoms with van der Waals surface area (Å²) in [6.07, 6.45) is -0.535. The van der Waals surface area contributed by atoms with Crippen LogP contribution in [0.2, 0.25) is 0 Å². The van der Waals surface area contributed by atoms with E-state index in [9.17, 15) is 9.59 Å². The lowest BCUT2D eigenvalue weighted by molar-refractivity contribution is -0.116. The van der Waals surface area contributed by atoms with E-state index in [0.29, 0.717) is 11.8 Å². The first kappa shape index (κ1) is 5.62. The lowest BCUT2D eigenvalue weighted by Crippen LogP contribution is -2.07. The van der Waals surface area contributed by atoms with Crippen LogP contribution in [0.5, 0.6) is 0 Å². The molecule has 1 aliphatic rings. The molecule has 1 unspecified atom stereocenters. The van der Waals surface area contributed by atoms with Gasteiger partial charge in [-0.3, -0.25) is 4.79 Å². The summed E-state index contributed by atoms with van der Waals surface area (Å²) in [6, 6.07) is 0. The smallest absolute Gasteiger partial charge is 0.375 e. The van der Waals surface area contributed by atoms with Crippen molar-refractivity contribution in [3.63, 3.8) is 0 Å². The molecular formula is C4H4O3S. The van der Waals surface area contributed by atoms with Crippen LogP contribution < -0.4 is 0 Å². The summed E-state index contributed by atoms with van der Waals surface area (Å²) < 4.78 is 4.45. The number of cyclic esters (lactones) is 1. The fourth-order valence-electron chi connectivity index (χ4n) is 0.382. The first-order chi connectivity index (χ1) is 3.70. The Labute approximate surface area is 50.4 Å². The Morgan fingerprint density at radius 1 is 1.62 bits per heavy atom. The Balaban J connectivity index is 2.64. The number of thioether (sulfide) groups is 1. The normalized spacial score (nSPS) is 28.4. The number of carbonyl (C=O) groups is 2. The summed E-state index contributed by atoms with van der Waals surface area (Å²) in [5.74, 6) is 0. The third-order valence-electron chi connectivity index (χ3n) is 0.789. The highest BCUT2D eigenvalue weighted by Crippen LogP contribution is 2.20. The lowest BCUT2D eigenvalue weighted by Gasteiger charge is -1.92.